The molecule has 4 rings (SSSR count). The number of hydrogen-bond acceptors (Lipinski definition) is 7. The van der Waals surface area contributed by atoms with Crippen molar-refractivity contribution < 1.29 is 17.7 Å². The molecule has 0 amide bonds. The predicted molar refractivity (Wildman–Crippen MR) is 113 cm³/mol. The van der Waals surface area contributed by atoms with Crippen LogP contribution in [0.1, 0.15) is 17.5 Å². The number of fused-ring (bicyclic) bond motifs is 1. The number of thiophene rings is 1. The summed E-state index contributed by atoms with van der Waals surface area (Å²) in [6.45, 7) is 0. The van der Waals surface area contributed by atoms with Crippen LogP contribution in [0.5, 0.6) is 5.75 Å². The molecule has 0 radical (unpaired) electrons. The Labute approximate surface area is 174 Å². The molecule has 7 nitrogen and oxygen atoms in total. The van der Waals surface area contributed by atoms with Crippen LogP contribution >= 0.6 is 11.3 Å². The zero-order chi connectivity index (χ0) is 20.6. The lowest BCUT2D eigenvalue weighted by atomic mass is 9.86. The van der Waals surface area contributed by atoms with Gasteiger partial charge in [-0.2, -0.15) is 0 Å². The third-order valence-electron chi connectivity index (χ3n) is 5.29. The first kappa shape index (κ1) is 19.9. The quantitative estimate of drug-likeness (QED) is 0.639. The lowest BCUT2D eigenvalue weighted by Crippen LogP contribution is -2.34. The van der Waals surface area contributed by atoms with Crippen LogP contribution < -0.4 is 9.46 Å². The molecule has 0 spiro atoms. The summed E-state index contributed by atoms with van der Waals surface area (Å²) in [6.07, 6.45) is 4.06. The number of ether oxygens (including phenoxy) is 1. The molecule has 2 aromatic heterocycles. The SMILES string of the molecule is COc1ccc(NS(=O)(=O)c2ccc(-c3ccon3)s2)c2c1CC(N(C)C)CC2. The molecule has 1 aliphatic carbocycles. The van der Waals surface area contributed by atoms with E-state index in [0.717, 1.165) is 52.4 Å². The van der Waals surface area contributed by atoms with Gasteiger partial charge in [0.05, 0.1) is 17.7 Å². The van der Waals surface area contributed by atoms with Gasteiger partial charge in [0.1, 0.15) is 21.9 Å². The topological polar surface area (TPSA) is 84.7 Å². The van der Waals surface area contributed by atoms with Gasteiger partial charge >= 0.3 is 0 Å². The summed E-state index contributed by atoms with van der Waals surface area (Å²) in [6, 6.07) is 9.07. The van der Waals surface area contributed by atoms with Crippen molar-refractivity contribution in [1.29, 1.82) is 0 Å². The molecular formula is C20H23N3O4S2. The zero-order valence-corrected chi connectivity index (χ0v) is 18.1. The molecule has 0 fully saturated rings. The molecule has 1 N–H and O–H groups in total. The van der Waals surface area contributed by atoms with Crippen molar-refractivity contribution in [2.75, 3.05) is 25.9 Å². The van der Waals surface area contributed by atoms with E-state index in [9.17, 15) is 8.42 Å². The number of likely N-dealkylation sites (N-methyl/N-ethyl adjacent to an activating group) is 1. The monoisotopic (exact) mass is 433 g/mol. The summed E-state index contributed by atoms with van der Waals surface area (Å²) in [4.78, 5) is 2.95. The summed E-state index contributed by atoms with van der Waals surface area (Å²) < 4.78 is 39.4. The van der Waals surface area contributed by atoms with E-state index in [1.54, 1.807) is 31.4 Å². The summed E-state index contributed by atoms with van der Waals surface area (Å²) >= 11 is 1.16. The van der Waals surface area contributed by atoms with E-state index < -0.39 is 10.0 Å². The van der Waals surface area contributed by atoms with Crippen LogP contribution in [-0.2, 0) is 22.9 Å². The van der Waals surface area contributed by atoms with Gasteiger partial charge in [-0.3, -0.25) is 4.72 Å². The van der Waals surface area contributed by atoms with Crippen molar-refractivity contribution in [2.24, 2.45) is 0 Å². The number of nitrogens with one attached hydrogen (secondary N) is 1. The Balaban J connectivity index is 1.65. The van der Waals surface area contributed by atoms with E-state index in [0.29, 0.717) is 17.4 Å². The fourth-order valence-electron chi connectivity index (χ4n) is 3.69. The molecular weight excluding hydrogens is 410 g/mol. The maximum atomic E-state index is 13.0. The number of aromatic nitrogens is 1. The van der Waals surface area contributed by atoms with Gasteiger partial charge in [-0.05, 0) is 63.2 Å². The van der Waals surface area contributed by atoms with Gasteiger partial charge < -0.3 is 14.2 Å². The Morgan fingerprint density at radius 2 is 2.03 bits per heavy atom. The number of methoxy groups -OCH3 is 1. The molecule has 1 unspecified atom stereocenters. The number of hydrogen-bond donors (Lipinski definition) is 1. The van der Waals surface area contributed by atoms with Crippen molar-refractivity contribution in [1.82, 2.24) is 10.1 Å². The first-order valence-corrected chi connectivity index (χ1v) is 11.6. The minimum atomic E-state index is -3.71. The van der Waals surface area contributed by atoms with Crippen LogP contribution in [0, 0.1) is 0 Å². The highest BCUT2D eigenvalue weighted by Gasteiger charge is 2.27. The highest BCUT2D eigenvalue weighted by molar-refractivity contribution is 7.94. The summed E-state index contributed by atoms with van der Waals surface area (Å²) in [5.74, 6) is 0.805. The van der Waals surface area contributed by atoms with E-state index in [4.69, 9.17) is 9.26 Å². The van der Waals surface area contributed by atoms with Crippen molar-refractivity contribution >= 4 is 27.0 Å². The molecule has 1 atom stereocenters. The Kier molecular flexibility index (Phi) is 5.37. The molecule has 0 saturated heterocycles. The summed E-state index contributed by atoms with van der Waals surface area (Å²) in [5.41, 5.74) is 3.33. The van der Waals surface area contributed by atoms with Crippen molar-refractivity contribution in [3.05, 3.63) is 47.7 Å². The van der Waals surface area contributed by atoms with Gasteiger partial charge in [0.2, 0.25) is 0 Å². The highest BCUT2D eigenvalue weighted by atomic mass is 32.2. The van der Waals surface area contributed by atoms with Crippen LogP contribution in [0.25, 0.3) is 10.6 Å². The molecule has 0 bridgehead atoms. The molecule has 1 aromatic carbocycles. The predicted octanol–water partition coefficient (Wildman–Crippen LogP) is 3.63. The lowest BCUT2D eigenvalue weighted by molar-refractivity contribution is 0.265. The molecule has 154 valence electrons. The van der Waals surface area contributed by atoms with E-state index in [-0.39, 0.29) is 4.21 Å². The van der Waals surface area contributed by atoms with Gasteiger partial charge in [0.25, 0.3) is 10.0 Å². The number of anilines is 1. The minimum Gasteiger partial charge on any atom is -0.496 e. The number of benzene rings is 1. The van der Waals surface area contributed by atoms with Gasteiger partial charge in [0, 0.05) is 17.7 Å². The number of nitrogens with zero attached hydrogens (tertiary/aromatic N) is 2. The van der Waals surface area contributed by atoms with Crippen LogP contribution in [0.2, 0.25) is 0 Å². The molecule has 9 heteroatoms. The first-order valence-electron chi connectivity index (χ1n) is 9.27. The summed E-state index contributed by atoms with van der Waals surface area (Å²) in [7, 11) is 2.08. The van der Waals surface area contributed by atoms with Crippen molar-refractivity contribution in [3.63, 3.8) is 0 Å². The van der Waals surface area contributed by atoms with E-state index in [2.05, 4.69) is 28.9 Å². The number of sulfonamides is 1. The van der Waals surface area contributed by atoms with Crippen LogP contribution in [-0.4, -0.2) is 45.7 Å². The van der Waals surface area contributed by atoms with E-state index in [1.807, 2.05) is 6.07 Å². The molecule has 3 aromatic rings. The molecule has 0 saturated carbocycles. The van der Waals surface area contributed by atoms with Gasteiger partial charge in [0.15, 0.2) is 0 Å². The molecule has 29 heavy (non-hydrogen) atoms. The third-order valence-corrected chi connectivity index (χ3v) is 8.25. The zero-order valence-electron chi connectivity index (χ0n) is 16.5. The van der Waals surface area contributed by atoms with Crippen LogP contribution in [0.4, 0.5) is 5.69 Å². The Bertz CT molecular complexity index is 1100. The highest BCUT2D eigenvalue weighted by Crippen LogP contribution is 2.37. The standard InChI is InChI=1S/C20H23N3O4S2/c1-23(2)13-4-5-14-15(12-13)18(26-3)7-6-16(14)22-29(24,25)20-9-8-19(28-20)17-10-11-27-21-17/h6-11,13,22H,4-5,12H2,1-3H3. The largest absolute Gasteiger partial charge is 0.496 e. The Morgan fingerprint density at radius 3 is 2.72 bits per heavy atom. The normalized spacial score (nSPS) is 16.6. The fourth-order valence-corrected chi connectivity index (χ4v) is 6.05. The van der Waals surface area contributed by atoms with Gasteiger partial charge in [-0.25, -0.2) is 8.42 Å². The molecule has 1 aliphatic rings. The maximum absolute atomic E-state index is 13.0. The third kappa shape index (κ3) is 3.90. The minimum absolute atomic E-state index is 0.238. The van der Waals surface area contributed by atoms with Crippen molar-refractivity contribution in [2.45, 2.75) is 29.5 Å². The second-order valence-electron chi connectivity index (χ2n) is 7.24. The molecule has 0 aliphatic heterocycles. The Hall–Kier alpha value is -2.36. The average Bonchev–Trinajstić information content (AvgIpc) is 3.39. The van der Waals surface area contributed by atoms with Crippen molar-refractivity contribution in [3.8, 4) is 16.3 Å². The second-order valence-corrected chi connectivity index (χ2v) is 10.2. The van der Waals surface area contributed by atoms with Gasteiger partial charge in [-0.1, -0.05) is 5.16 Å². The van der Waals surface area contributed by atoms with Crippen LogP contribution in [0.15, 0.2) is 45.3 Å². The fraction of sp³-hybridized carbons (Fsp3) is 0.350. The van der Waals surface area contributed by atoms with E-state index in [1.165, 1.54) is 6.26 Å². The van der Waals surface area contributed by atoms with Gasteiger partial charge in [-0.15, -0.1) is 11.3 Å². The summed E-state index contributed by atoms with van der Waals surface area (Å²) in [5, 5.41) is 3.87. The lowest BCUT2D eigenvalue weighted by Gasteiger charge is -2.32. The average molecular weight is 434 g/mol. The van der Waals surface area contributed by atoms with E-state index >= 15 is 0 Å². The smallest absolute Gasteiger partial charge is 0.271 e. The van der Waals surface area contributed by atoms with Crippen LogP contribution in [0.3, 0.4) is 0 Å². The Morgan fingerprint density at radius 1 is 1.21 bits per heavy atom. The first-order chi connectivity index (χ1) is 13.9. The maximum Gasteiger partial charge on any atom is 0.271 e. The molecule has 2 heterocycles. The number of rotatable bonds is 6. The second kappa shape index (κ2) is 7.81.